The summed E-state index contributed by atoms with van der Waals surface area (Å²) in [7, 11) is 0. The average molecular weight is 854 g/mol. The van der Waals surface area contributed by atoms with Crippen molar-refractivity contribution >= 4 is 39.2 Å². The third-order valence-electron chi connectivity index (χ3n) is 9.86. The summed E-state index contributed by atoms with van der Waals surface area (Å²) in [5.41, 5.74) is 7.97. The summed E-state index contributed by atoms with van der Waals surface area (Å²) in [5, 5.41) is 1.48. The van der Waals surface area contributed by atoms with Gasteiger partial charge in [-0.05, 0) is 92.3 Å². The Labute approximate surface area is 321 Å². The second-order valence-electron chi connectivity index (χ2n) is 15.0. The minimum Gasteiger partial charge on any atom is -0.486 e. The van der Waals surface area contributed by atoms with Crippen LogP contribution in [-0.4, -0.2) is 19.5 Å². The predicted octanol–water partition coefficient (Wildman–Crippen LogP) is 11.6. The van der Waals surface area contributed by atoms with E-state index in [1.807, 2.05) is 39.0 Å². The van der Waals surface area contributed by atoms with E-state index in [0.717, 1.165) is 22.3 Å². The molecule has 1 saturated carbocycles. The first-order valence-corrected chi connectivity index (χ1v) is 17.5. The normalized spacial score (nSPS) is 17.4. The number of allylic oxidation sites excluding steroid dienone is 1. The van der Waals surface area contributed by atoms with E-state index in [1.54, 1.807) is 36.0 Å². The second-order valence-corrected chi connectivity index (χ2v) is 15.0. The van der Waals surface area contributed by atoms with Crippen LogP contribution in [-0.2, 0) is 32.0 Å². The van der Waals surface area contributed by atoms with Crippen LogP contribution in [0.15, 0.2) is 95.0 Å². The van der Waals surface area contributed by atoms with Crippen molar-refractivity contribution in [1.29, 1.82) is 0 Å². The predicted molar refractivity (Wildman–Crippen MR) is 205 cm³/mol. The second kappa shape index (κ2) is 13.6. The number of imidazole rings is 1. The van der Waals surface area contributed by atoms with Gasteiger partial charge in [0.15, 0.2) is 0 Å². The average Bonchev–Trinajstić information content (AvgIpc) is 3.91. The Balaban J connectivity index is 0.000000171. The Morgan fingerprint density at radius 1 is 0.961 bits per heavy atom. The molecule has 5 heterocycles. The van der Waals surface area contributed by atoms with Crippen LogP contribution in [0.2, 0.25) is 0 Å². The molecule has 7 aromatic rings. The molecular formula is C45H44IrN4O-2. The molecule has 6 heteroatoms. The van der Waals surface area contributed by atoms with Crippen molar-refractivity contribution in [3.63, 3.8) is 0 Å². The Morgan fingerprint density at radius 2 is 1.80 bits per heavy atom. The molecule has 4 aromatic heterocycles. The van der Waals surface area contributed by atoms with Gasteiger partial charge in [-0.3, -0.25) is 4.98 Å². The fourth-order valence-corrected chi connectivity index (χ4v) is 7.74. The molecule has 1 aliphatic carbocycles. The molecule has 0 amide bonds. The van der Waals surface area contributed by atoms with Crippen LogP contribution < -0.4 is 0 Å². The number of para-hydroxylation sites is 1. The number of hydrogen-bond acceptors (Lipinski definition) is 4. The molecule has 0 atom stereocenters. The Bertz CT molecular complexity index is 2590. The van der Waals surface area contributed by atoms with Gasteiger partial charge in [-0.15, -0.1) is 54.1 Å². The Morgan fingerprint density at radius 3 is 2.57 bits per heavy atom. The fourth-order valence-electron chi connectivity index (χ4n) is 7.74. The summed E-state index contributed by atoms with van der Waals surface area (Å²) in [5.74, 6) is 1.74. The molecule has 1 radical (unpaired) electrons. The summed E-state index contributed by atoms with van der Waals surface area (Å²) in [4.78, 5) is 13.6. The quantitative estimate of drug-likeness (QED) is 0.166. The number of pyridine rings is 2. The molecule has 51 heavy (non-hydrogen) atoms. The molecule has 0 N–H and O–H groups in total. The standard InChI is InChI=1S/C23H23N2.C22H21N2O.Ir/c1-23(2)19(16-9-6-7-10-16)15-18-13-8-14-20-21(18)25(23)22(24-20)17-11-4-3-5-12-17;1-14-8-9-17-16-6-5-7-18(20(16)25-21(17)24-14)19-12-15(10-11-23-19)13-22(2,3)4;/h3-5,8,11,13-16H,6-7,9-10H2,1-2H3;5-6,8-12H,13H2,1-4H3;/q2*-1;/i;1D3,13D2;. The summed E-state index contributed by atoms with van der Waals surface area (Å²) < 4.78 is 48.2. The van der Waals surface area contributed by atoms with Gasteiger partial charge in [0.25, 0.3) is 0 Å². The molecule has 0 saturated heterocycles. The van der Waals surface area contributed by atoms with E-state index in [1.165, 1.54) is 42.8 Å². The van der Waals surface area contributed by atoms with Gasteiger partial charge in [-0.25, -0.2) is 4.98 Å². The summed E-state index contributed by atoms with van der Waals surface area (Å²) in [6.07, 6.45) is 7.83. The van der Waals surface area contributed by atoms with Gasteiger partial charge in [-0.1, -0.05) is 74.4 Å². The molecule has 0 bridgehead atoms. The van der Waals surface area contributed by atoms with Crippen LogP contribution in [0, 0.1) is 30.3 Å². The van der Waals surface area contributed by atoms with Crippen LogP contribution in [0.25, 0.3) is 61.8 Å². The number of nitrogens with zero attached hydrogens (tertiary/aromatic N) is 4. The fraction of sp³-hybridized carbons (Fsp3) is 0.311. The van der Waals surface area contributed by atoms with Crippen molar-refractivity contribution in [3.05, 3.63) is 120 Å². The largest absolute Gasteiger partial charge is 0.486 e. The first-order chi connectivity index (χ1) is 26.1. The van der Waals surface area contributed by atoms with Gasteiger partial charge < -0.3 is 14.0 Å². The van der Waals surface area contributed by atoms with Gasteiger partial charge >= 0.3 is 0 Å². The molecule has 9 rings (SSSR count). The van der Waals surface area contributed by atoms with Crippen LogP contribution >= 0.6 is 0 Å². The molecule has 1 aliphatic heterocycles. The molecule has 2 aliphatic rings. The van der Waals surface area contributed by atoms with E-state index >= 15 is 0 Å². The van der Waals surface area contributed by atoms with Crippen molar-refractivity contribution < 1.29 is 31.4 Å². The first-order valence-electron chi connectivity index (χ1n) is 20.0. The van der Waals surface area contributed by atoms with Crippen LogP contribution in [0.3, 0.4) is 0 Å². The molecule has 0 spiro atoms. The third kappa shape index (κ3) is 6.61. The Hall–Kier alpha value is -4.38. The molecule has 5 nitrogen and oxygen atoms in total. The van der Waals surface area contributed by atoms with Crippen LogP contribution in [0.5, 0.6) is 0 Å². The smallest absolute Gasteiger partial charge is 0.216 e. The van der Waals surface area contributed by atoms with Gasteiger partial charge in [0.05, 0.1) is 28.0 Å². The van der Waals surface area contributed by atoms with Crippen LogP contribution in [0.4, 0.5) is 0 Å². The van der Waals surface area contributed by atoms with Gasteiger partial charge in [0, 0.05) is 44.2 Å². The molecule has 0 unspecified atom stereocenters. The van der Waals surface area contributed by atoms with Gasteiger partial charge in [0.1, 0.15) is 0 Å². The van der Waals surface area contributed by atoms with Crippen molar-refractivity contribution in [2.45, 2.75) is 79.1 Å². The van der Waals surface area contributed by atoms with Crippen LogP contribution in [0.1, 0.15) is 84.0 Å². The maximum Gasteiger partial charge on any atom is 0.216 e. The van der Waals surface area contributed by atoms with E-state index in [9.17, 15) is 0 Å². The molecule has 261 valence electrons. The van der Waals surface area contributed by atoms with Crippen molar-refractivity contribution in [3.8, 4) is 22.6 Å². The van der Waals surface area contributed by atoms with Crippen molar-refractivity contribution in [1.82, 2.24) is 19.5 Å². The molecule has 1 fully saturated rings. The van der Waals surface area contributed by atoms with Gasteiger partial charge in [0.2, 0.25) is 5.71 Å². The number of furan rings is 1. The van der Waals surface area contributed by atoms with E-state index in [0.29, 0.717) is 33.7 Å². The minimum atomic E-state index is -2.32. The maximum atomic E-state index is 8.55. The topological polar surface area (TPSA) is 56.7 Å². The number of aromatic nitrogens is 4. The SMILES string of the molecule is CC1(C)C(C2CCCC2)=Cc2cccc3nc(-c4[c-]cccc4)n1c23.[2H]C([2H])([2H])c1ccc2c(n1)oc1c(-c3cc(C([2H])([2H])C(C)(C)C)ccn3)[c-]ccc12.[Ir]. The number of hydrogen-bond donors (Lipinski definition) is 0. The minimum absolute atomic E-state index is 0. The summed E-state index contributed by atoms with van der Waals surface area (Å²) >= 11 is 0. The first kappa shape index (κ1) is 29.2. The van der Waals surface area contributed by atoms with E-state index < -0.39 is 18.6 Å². The Kier molecular flexibility index (Phi) is 7.81. The number of fused-ring (bicyclic) bond motifs is 3. The summed E-state index contributed by atoms with van der Waals surface area (Å²) in [6, 6.07) is 31.4. The molecule has 3 aromatic carbocycles. The number of rotatable bonds is 4. The number of benzene rings is 3. The van der Waals surface area contributed by atoms with Crippen molar-refractivity contribution in [2.75, 3.05) is 0 Å². The zero-order valence-corrected chi connectivity index (χ0v) is 32.0. The van der Waals surface area contributed by atoms with E-state index in [2.05, 4.69) is 76.9 Å². The molecular weight excluding hydrogens is 805 g/mol. The maximum absolute atomic E-state index is 8.55. The third-order valence-corrected chi connectivity index (χ3v) is 9.86. The zero-order valence-electron chi connectivity index (χ0n) is 34.6. The van der Waals surface area contributed by atoms with Crippen molar-refractivity contribution in [2.24, 2.45) is 11.3 Å². The van der Waals surface area contributed by atoms with E-state index in [-0.39, 0.29) is 37.1 Å². The monoisotopic (exact) mass is 854 g/mol. The zero-order chi connectivity index (χ0) is 38.9. The van der Waals surface area contributed by atoms with E-state index in [4.69, 9.17) is 16.3 Å². The van der Waals surface area contributed by atoms with Gasteiger partial charge in [-0.2, -0.15) is 0 Å². The summed E-state index contributed by atoms with van der Waals surface area (Å²) in [6.45, 7) is 7.96. The number of aryl methyl sites for hydroxylation is 1.